The van der Waals surface area contributed by atoms with Gasteiger partial charge in [0.05, 0.1) is 11.3 Å². The molecule has 7 heteroatoms. The fourth-order valence-corrected chi connectivity index (χ4v) is 1.47. The number of aromatic nitrogens is 1. The standard InChI is InChI=1S/C12H16F3N3O/c1-7(16)5-6-17-11(19)9-3-4-10(12(13,14)15)18-8(9)2/h3-4,7H,5-6,16H2,1-2H3,(H,17,19). The lowest BCUT2D eigenvalue weighted by atomic mass is 10.1. The van der Waals surface area contributed by atoms with Crippen LogP contribution in [-0.2, 0) is 6.18 Å². The highest BCUT2D eigenvalue weighted by Gasteiger charge is 2.32. The number of nitrogens with one attached hydrogen (secondary N) is 1. The van der Waals surface area contributed by atoms with E-state index in [0.717, 1.165) is 12.1 Å². The monoisotopic (exact) mass is 275 g/mol. The molecule has 1 aromatic rings. The van der Waals surface area contributed by atoms with E-state index in [2.05, 4.69) is 10.3 Å². The van der Waals surface area contributed by atoms with Gasteiger partial charge in [-0.25, -0.2) is 4.98 Å². The molecule has 1 heterocycles. The van der Waals surface area contributed by atoms with Crippen molar-refractivity contribution >= 4 is 5.91 Å². The molecular weight excluding hydrogens is 259 g/mol. The van der Waals surface area contributed by atoms with Gasteiger partial charge in [0.15, 0.2) is 0 Å². The number of aryl methyl sites for hydroxylation is 1. The Bertz CT molecular complexity index is 458. The second kappa shape index (κ2) is 6.01. The molecule has 0 fully saturated rings. The molecule has 0 aliphatic rings. The first-order chi connectivity index (χ1) is 8.71. The van der Waals surface area contributed by atoms with Crippen molar-refractivity contribution in [1.29, 1.82) is 0 Å². The van der Waals surface area contributed by atoms with Crippen LogP contribution in [-0.4, -0.2) is 23.5 Å². The molecule has 1 rings (SSSR count). The number of nitrogens with zero attached hydrogens (tertiary/aromatic N) is 1. The van der Waals surface area contributed by atoms with Crippen molar-refractivity contribution in [3.63, 3.8) is 0 Å². The molecule has 0 aliphatic carbocycles. The molecule has 0 saturated carbocycles. The SMILES string of the molecule is Cc1nc(C(F)(F)F)ccc1C(=O)NCCC(C)N. The first kappa shape index (κ1) is 15.4. The molecule has 106 valence electrons. The van der Waals surface area contributed by atoms with E-state index in [4.69, 9.17) is 5.73 Å². The Balaban J connectivity index is 2.77. The Morgan fingerprint density at radius 2 is 2.11 bits per heavy atom. The summed E-state index contributed by atoms with van der Waals surface area (Å²) in [5.41, 5.74) is 4.71. The van der Waals surface area contributed by atoms with Gasteiger partial charge in [-0.1, -0.05) is 0 Å². The topological polar surface area (TPSA) is 68.0 Å². The van der Waals surface area contributed by atoms with Crippen LogP contribution in [0.4, 0.5) is 13.2 Å². The third kappa shape index (κ3) is 4.51. The third-order valence-electron chi connectivity index (χ3n) is 2.51. The number of hydrogen-bond donors (Lipinski definition) is 2. The number of amides is 1. The van der Waals surface area contributed by atoms with Crippen molar-refractivity contribution in [2.45, 2.75) is 32.5 Å². The Hall–Kier alpha value is -1.63. The molecule has 0 radical (unpaired) electrons. The smallest absolute Gasteiger partial charge is 0.352 e. The zero-order valence-electron chi connectivity index (χ0n) is 10.7. The maximum absolute atomic E-state index is 12.4. The summed E-state index contributed by atoms with van der Waals surface area (Å²) in [7, 11) is 0. The molecule has 0 aliphatic heterocycles. The fourth-order valence-electron chi connectivity index (χ4n) is 1.47. The average Bonchev–Trinajstić information content (AvgIpc) is 2.26. The quantitative estimate of drug-likeness (QED) is 0.881. The molecule has 1 unspecified atom stereocenters. The molecule has 0 spiro atoms. The maximum Gasteiger partial charge on any atom is 0.433 e. The van der Waals surface area contributed by atoms with Crippen LogP contribution >= 0.6 is 0 Å². The molecule has 1 amide bonds. The number of nitrogens with two attached hydrogens (primary N) is 1. The highest BCUT2D eigenvalue weighted by atomic mass is 19.4. The molecule has 4 nitrogen and oxygen atoms in total. The first-order valence-corrected chi connectivity index (χ1v) is 5.80. The van der Waals surface area contributed by atoms with Crippen LogP contribution in [0, 0.1) is 6.92 Å². The van der Waals surface area contributed by atoms with E-state index < -0.39 is 17.8 Å². The number of carbonyl (C=O) groups excluding carboxylic acids is 1. The van der Waals surface area contributed by atoms with Crippen molar-refractivity contribution in [3.05, 3.63) is 29.1 Å². The average molecular weight is 275 g/mol. The minimum Gasteiger partial charge on any atom is -0.352 e. The summed E-state index contributed by atoms with van der Waals surface area (Å²) in [6.07, 6.45) is -3.91. The Morgan fingerprint density at radius 1 is 1.47 bits per heavy atom. The summed E-state index contributed by atoms with van der Waals surface area (Å²) in [5, 5.41) is 2.59. The number of carbonyl (C=O) groups is 1. The largest absolute Gasteiger partial charge is 0.433 e. The predicted molar refractivity (Wildman–Crippen MR) is 64.6 cm³/mol. The van der Waals surface area contributed by atoms with Gasteiger partial charge >= 0.3 is 6.18 Å². The van der Waals surface area contributed by atoms with Crippen LogP contribution in [0.3, 0.4) is 0 Å². The minimum absolute atomic E-state index is 0.0490. The molecule has 19 heavy (non-hydrogen) atoms. The van der Waals surface area contributed by atoms with E-state index >= 15 is 0 Å². The lowest BCUT2D eigenvalue weighted by Gasteiger charge is -2.11. The molecular formula is C12H16F3N3O. The van der Waals surface area contributed by atoms with E-state index in [1.165, 1.54) is 6.92 Å². The van der Waals surface area contributed by atoms with Crippen LogP contribution in [0.15, 0.2) is 12.1 Å². The zero-order valence-corrected chi connectivity index (χ0v) is 10.7. The summed E-state index contributed by atoms with van der Waals surface area (Å²) in [6, 6.07) is 1.88. The van der Waals surface area contributed by atoms with E-state index in [0.29, 0.717) is 13.0 Å². The number of pyridine rings is 1. The summed E-state index contributed by atoms with van der Waals surface area (Å²) < 4.78 is 37.2. The summed E-state index contributed by atoms with van der Waals surface area (Å²) in [6.45, 7) is 3.55. The summed E-state index contributed by atoms with van der Waals surface area (Å²) in [4.78, 5) is 15.1. The second-order valence-corrected chi connectivity index (χ2v) is 4.35. The van der Waals surface area contributed by atoms with Gasteiger partial charge in [0.1, 0.15) is 5.69 Å². The molecule has 0 saturated heterocycles. The van der Waals surface area contributed by atoms with Crippen molar-refractivity contribution in [3.8, 4) is 0 Å². The van der Waals surface area contributed by atoms with Crippen molar-refractivity contribution in [1.82, 2.24) is 10.3 Å². The normalized spacial score (nSPS) is 13.2. The van der Waals surface area contributed by atoms with E-state index in [9.17, 15) is 18.0 Å². The highest BCUT2D eigenvalue weighted by Crippen LogP contribution is 2.28. The number of alkyl halides is 3. The molecule has 0 aromatic carbocycles. The van der Waals surface area contributed by atoms with Crippen LogP contribution in [0.2, 0.25) is 0 Å². The highest BCUT2D eigenvalue weighted by molar-refractivity contribution is 5.95. The summed E-state index contributed by atoms with van der Waals surface area (Å²) in [5.74, 6) is -0.445. The van der Waals surface area contributed by atoms with Crippen molar-refractivity contribution < 1.29 is 18.0 Å². The molecule has 0 bridgehead atoms. The van der Waals surface area contributed by atoms with Crippen LogP contribution in [0.5, 0.6) is 0 Å². The second-order valence-electron chi connectivity index (χ2n) is 4.35. The molecule has 1 aromatic heterocycles. The lowest BCUT2D eigenvalue weighted by Crippen LogP contribution is -2.29. The van der Waals surface area contributed by atoms with E-state index in [1.54, 1.807) is 6.92 Å². The van der Waals surface area contributed by atoms with Gasteiger partial charge in [-0.2, -0.15) is 13.2 Å². The van der Waals surface area contributed by atoms with Crippen molar-refractivity contribution in [2.24, 2.45) is 5.73 Å². The minimum atomic E-state index is -4.51. The predicted octanol–water partition coefficient (Wildman–Crippen LogP) is 1.88. The third-order valence-corrected chi connectivity index (χ3v) is 2.51. The summed E-state index contributed by atoms with van der Waals surface area (Å²) >= 11 is 0. The van der Waals surface area contributed by atoms with Gasteiger partial charge in [-0.3, -0.25) is 4.79 Å². The van der Waals surface area contributed by atoms with E-state index in [-0.39, 0.29) is 17.3 Å². The van der Waals surface area contributed by atoms with E-state index in [1.807, 2.05) is 0 Å². The van der Waals surface area contributed by atoms with Crippen LogP contribution in [0.1, 0.15) is 35.1 Å². The lowest BCUT2D eigenvalue weighted by molar-refractivity contribution is -0.141. The maximum atomic E-state index is 12.4. The molecule has 1 atom stereocenters. The van der Waals surface area contributed by atoms with Gasteiger partial charge < -0.3 is 11.1 Å². The number of halogens is 3. The fraction of sp³-hybridized carbons (Fsp3) is 0.500. The van der Waals surface area contributed by atoms with Crippen LogP contribution in [0.25, 0.3) is 0 Å². The molecule has 3 N–H and O–H groups in total. The van der Waals surface area contributed by atoms with Gasteiger partial charge in [-0.05, 0) is 32.4 Å². The van der Waals surface area contributed by atoms with Gasteiger partial charge in [0.2, 0.25) is 0 Å². The Morgan fingerprint density at radius 3 is 2.58 bits per heavy atom. The number of rotatable bonds is 4. The van der Waals surface area contributed by atoms with Gasteiger partial charge in [-0.15, -0.1) is 0 Å². The Labute approximate surface area is 109 Å². The van der Waals surface area contributed by atoms with Crippen molar-refractivity contribution in [2.75, 3.05) is 6.54 Å². The first-order valence-electron chi connectivity index (χ1n) is 5.80. The van der Waals surface area contributed by atoms with Gasteiger partial charge in [0, 0.05) is 12.6 Å². The number of hydrogen-bond acceptors (Lipinski definition) is 3. The Kier molecular flexibility index (Phi) is 4.88. The zero-order chi connectivity index (χ0) is 14.6. The van der Waals surface area contributed by atoms with Gasteiger partial charge in [0.25, 0.3) is 5.91 Å². The van der Waals surface area contributed by atoms with Crippen LogP contribution < -0.4 is 11.1 Å².